The van der Waals surface area contributed by atoms with Crippen LogP contribution in [-0.2, 0) is 9.78 Å². The number of rotatable bonds is 4. The van der Waals surface area contributed by atoms with E-state index in [0.717, 1.165) is 5.52 Å². The van der Waals surface area contributed by atoms with Crippen LogP contribution in [0.15, 0.2) is 30.6 Å². The van der Waals surface area contributed by atoms with E-state index in [1.165, 1.54) is 0 Å². The van der Waals surface area contributed by atoms with E-state index < -0.39 is 13.2 Å². The summed E-state index contributed by atoms with van der Waals surface area (Å²) >= 11 is 0. The van der Waals surface area contributed by atoms with Crippen LogP contribution in [0.4, 0.5) is 17.3 Å². The van der Waals surface area contributed by atoms with Gasteiger partial charge in [0.05, 0.1) is 12.8 Å². The van der Waals surface area contributed by atoms with Crippen molar-refractivity contribution in [1.82, 2.24) is 4.52 Å². The lowest BCUT2D eigenvalue weighted by molar-refractivity contribution is -0.777. The number of hydrogen-bond donors (Lipinski definition) is 0. The highest BCUT2D eigenvalue weighted by molar-refractivity contribution is 6.50. The SMILES string of the molecule is CCOOC(=O)c1c[n+](C(C)C)n2ccccc12.F[B-](F)(F)F. The molecule has 2 heterocycles. The molecule has 0 N–H and O–H groups in total. The molecule has 0 aliphatic carbocycles. The van der Waals surface area contributed by atoms with Crippen LogP contribution in [0.1, 0.15) is 37.2 Å². The lowest BCUT2D eigenvalue weighted by atomic mass is 10.3. The molecule has 0 amide bonds. The third-order valence-corrected chi connectivity index (χ3v) is 2.63. The Morgan fingerprint density at radius 2 is 1.91 bits per heavy atom. The fourth-order valence-corrected chi connectivity index (χ4v) is 1.82. The Labute approximate surface area is 130 Å². The molecule has 2 rings (SSSR count). The second-order valence-corrected chi connectivity index (χ2v) is 4.72. The molecule has 0 radical (unpaired) electrons. The Morgan fingerprint density at radius 3 is 2.43 bits per heavy atom. The smallest absolute Gasteiger partial charge is 0.418 e. The van der Waals surface area contributed by atoms with Gasteiger partial charge in [-0.2, -0.15) is 4.89 Å². The van der Waals surface area contributed by atoms with Crippen molar-refractivity contribution < 1.29 is 36.5 Å². The minimum Gasteiger partial charge on any atom is -0.418 e. The zero-order chi connectivity index (χ0) is 17.6. The second kappa shape index (κ2) is 7.95. The minimum absolute atomic E-state index is 0.244. The van der Waals surface area contributed by atoms with Crippen LogP contribution in [0, 0.1) is 0 Å². The molecule has 0 aromatic carbocycles. The highest BCUT2D eigenvalue weighted by Crippen LogP contribution is 2.12. The summed E-state index contributed by atoms with van der Waals surface area (Å²) in [6.45, 7) is 6.20. The maximum absolute atomic E-state index is 11.9. The number of pyridine rings is 1. The maximum atomic E-state index is 11.9. The highest BCUT2D eigenvalue weighted by atomic mass is 19.5. The summed E-state index contributed by atoms with van der Waals surface area (Å²) in [6.07, 6.45) is 3.69. The molecule has 0 aliphatic heterocycles. The number of carbonyl (C=O) groups excluding carboxylic acids is 1. The molecule has 0 unspecified atom stereocenters. The average molecular weight is 336 g/mol. The molecule has 0 aliphatic rings. The monoisotopic (exact) mass is 336 g/mol. The van der Waals surface area contributed by atoms with Crippen molar-refractivity contribution in [3.05, 3.63) is 36.2 Å². The van der Waals surface area contributed by atoms with E-state index in [1.807, 2.05) is 33.6 Å². The van der Waals surface area contributed by atoms with Crippen molar-refractivity contribution in [2.45, 2.75) is 26.8 Å². The van der Waals surface area contributed by atoms with E-state index in [2.05, 4.69) is 13.8 Å². The minimum atomic E-state index is -6.00. The Kier molecular flexibility index (Phi) is 6.55. The average Bonchev–Trinajstić information content (AvgIpc) is 2.83. The number of hydrogen-bond acceptors (Lipinski definition) is 3. The van der Waals surface area contributed by atoms with Gasteiger partial charge in [-0.3, -0.25) is 4.89 Å². The zero-order valence-corrected chi connectivity index (χ0v) is 12.9. The number of carbonyl (C=O) groups is 1. The zero-order valence-electron chi connectivity index (χ0n) is 12.9. The third kappa shape index (κ3) is 5.89. The van der Waals surface area contributed by atoms with Crippen molar-refractivity contribution in [2.75, 3.05) is 6.61 Å². The molecule has 23 heavy (non-hydrogen) atoms. The van der Waals surface area contributed by atoms with Crippen LogP contribution in [-0.4, -0.2) is 24.3 Å². The maximum Gasteiger partial charge on any atom is 0.673 e. The van der Waals surface area contributed by atoms with E-state index in [1.54, 1.807) is 13.1 Å². The Hall–Kier alpha value is -2.10. The molecule has 0 bridgehead atoms. The Bertz CT molecular complexity index is 652. The van der Waals surface area contributed by atoms with Gasteiger partial charge in [0.25, 0.3) is 0 Å². The lowest BCUT2D eigenvalue weighted by Gasteiger charge is -1.98. The van der Waals surface area contributed by atoms with E-state index in [0.29, 0.717) is 12.2 Å². The molecule has 0 atom stereocenters. The summed E-state index contributed by atoms with van der Waals surface area (Å²) in [5.41, 5.74) is 1.30. The fraction of sp³-hybridized carbons (Fsp3) is 0.385. The molecule has 0 saturated carbocycles. The normalized spacial score (nSPS) is 11.3. The van der Waals surface area contributed by atoms with E-state index in [9.17, 15) is 22.1 Å². The van der Waals surface area contributed by atoms with Crippen LogP contribution in [0.25, 0.3) is 5.52 Å². The van der Waals surface area contributed by atoms with Gasteiger partial charge in [0.1, 0.15) is 5.52 Å². The molecule has 2 aromatic rings. The predicted molar refractivity (Wildman–Crippen MR) is 75.2 cm³/mol. The van der Waals surface area contributed by atoms with Gasteiger partial charge in [0.2, 0.25) is 6.20 Å². The summed E-state index contributed by atoms with van der Waals surface area (Å²) < 4.78 is 42.9. The van der Waals surface area contributed by atoms with Gasteiger partial charge in [-0.05, 0) is 32.9 Å². The van der Waals surface area contributed by atoms with Crippen LogP contribution < -0.4 is 4.68 Å². The molecule has 10 heteroatoms. The summed E-state index contributed by atoms with van der Waals surface area (Å²) in [5.74, 6) is -0.472. The third-order valence-electron chi connectivity index (χ3n) is 2.63. The van der Waals surface area contributed by atoms with E-state index >= 15 is 0 Å². The van der Waals surface area contributed by atoms with Crippen LogP contribution >= 0.6 is 0 Å². The highest BCUT2D eigenvalue weighted by Gasteiger charge is 2.24. The molecule has 0 spiro atoms. The summed E-state index contributed by atoms with van der Waals surface area (Å²) in [5, 5.41) is 0. The van der Waals surface area contributed by atoms with Gasteiger partial charge < -0.3 is 17.3 Å². The molecular weight excluding hydrogens is 319 g/mol. The van der Waals surface area contributed by atoms with Gasteiger partial charge in [-0.1, -0.05) is 6.07 Å². The number of halogens is 4. The molecule has 0 fully saturated rings. The first-order chi connectivity index (χ1) is 10.6. The lowest BCUT2D eigenvalue weighted by Crippen LogP contribution is -2.41. The summed E-state index contributed by atoms with van der Waals surface area (Å²) in [6, 6.07) is 5.93. The van der Waals surface area contributed by atoms with Crippen molar-refractivity contribution >= 4 is 18.7 Å². The largest absolute Gasteiger partial charge is 0.673 e. The van der Waals surface area contributed by atoms with Crippen LogP contribution in [0.3, 0.4) is 0 Å². The second-order valence-electron chi connectivity index (χ2n) is 4.72. The van der Waals surface area contributed by atoms with Gasteiger partial charge in [0.15, 0.2) is 11.6 Å². The Balaban J connectivity index is 0.000000463. The van der Waals surface area contributed by atoms with Gasteiger partial charge in [-0.25, -0.2) is 4.79 Å². The van der Waals surface area contributed by atoms with Crippen molar-refractivity contribution in [3.8, 4) is 0 Å². The first-order valence-corrected chi connectivity index (χ1v) is 6.87. The molecular formula is C13H17BF4N2O3. The number of fused-ring (bicyclic) bond motifs is 1. The van der Waals surface area contributed by atoms with E-state index in [4.69, 9.17) is 9.78 Å². The topological polar surface area (TPSA) is 43.8 Å². The first kappa shape index (κ1) is 19.0. The molecule has 5 nitrogen and oxygen atoms in total. The van der Waals surface area contributed by atoms with Gasteiger partial charge in [-0.15, -0.1) is 9.20 Å². The van der Waals surface area contributed by atoms with Crippen molar-refractivity contribution in [1.29, 1.82) is 0 Å². The molecule has 2 aromatic heterocycles. The van der Waals surface area contributed by atoms with Crippen molar-refractivity contribution in [3.63, 3.8) is 0 Å². The van der Waals surface area contributed by atoms with Crippen molar-refractivity contribution in [2.24, 2.45) is 0 Å². The van der Waals surface area contributed by atoms with Gasteiger partial charge in [0, 0.05) is 0 Å². The Morgan fingerprint density at radius 1 is 1.30 bits per heavy atom. The van der Waals surface area contributed by atoms with Crippen LogP contribution in [0.2, 0.25) is 0 Å². The quantitative estimate of drug-likeness (QED) is 0.283. The summed E-state index contributed by atoms with van der Waals surface area (Å²) in [4.78, 5) is 21.3. The standard InChI is InChI=1S/C13H17N2O3.BF4/c1-4-17-18-13(16)11-9-15(10(2)3)14-8-6-5-7-12(11)14;2-1(3,4)5/h5-10H,4H2,1-3H3;/q+1;-1. The van der Waals surface area contributed by atoms with Gasteiger partial charge >= 0.3 is 13.2 Å². The number of aromatic nitrogens is 2. The van der Waals surface area contributed by atoms with E-state index in [-0.39, 0.29) is 6.04 Å². The first-order valence-electron chi connectivity index (χ1n) is 6.87. The number of nitrogens with zero attached hydrogens (tertiary/aromatic N) is 2. The molecule has 128 valence electrons. The molecule has 0 saturated heterocycles. The predicted octanol–water partition coefficient (Wildman–Crippen LogP) is 3.22. The fourth-order valence-electron chi connectivity index (χ4n) is 1.82. The summed E-state index contributed by atoms with van der Waals surface area (Å²) in [7, 11) is -6.00. The van der Waals surface area contributed by atoms with Crippen LogP contribution in [0.5, 0.6) is 0 Å².